The maximum absolute atomic E-state index is 13.5. The molecule has 4 rings (SSSR count). The Morgan fingerprint density at radius 2 is 2.00 bits per heavy atom. The van der Waals surface area contributed by atoms with Crippen LogP contribution in [0.1, 0.15) is 25.1 Å². The van der Waals surface area contributed by atoms with Crippen LogP contribution in [0.4, 0.5) is 21.0 Å². The average Bonchev–Trinajstić information content (AvgIpc) is 3.16. The van der Waals surface area contributed by atoms with E-state index in [1.54, 1.807) is 42.4 Å². The van der Waals surface area contributed by atoms with E-state index >= 15 is 0 Å². The number of amides is 1. The number of aromatic nitrogens is 3. The molecular formula is C23H24FN5O2. The quantitative estimate of drug-likeness (QED) is 0.628. The van der Waals surface area contributed by atoms with Crippen LogP contribution in [-0.4, -0.2) is 33.7 Å². The molecule has 0 aliphatic carbocycles. The van der Waals surface area contributed by atoms with Gasteiger partial charge in [0, 0.05) is 18.0 Å². The van der Waals surface area contributed by atoms with Crippen LogP contribution in [0.2, 0.25) is 0 Å². The van der Waals surface area contributed by atoms with Gasteiger partial charge in [0.15, 0.2) is 0 Å². The number of anilines is 2. The van der Waals surface area contributed by atoms with Crippen molar-refractivity contribution in [2.45, 2.75) is 33.4 Å². The van der Waals surface area contributed by atoms with Crippen LogP contribution < -0.4 is 10.2 Å². The topological polar surface area (TPSA) is 80.2 Å². The largest absolute Gasteiger partial charge is 0.447 e. The van der Waals surface area contributed by atoms with Crippen LogP contribution in [0.15, 0.2) is 48.8 Å². The van der Waals surface area contributed by atoms with E-state index in [0.29, 0.717) is 30.5 Å². The average molecular weight is 421 g/mol. The summed E-state index contributed by atoms with van der Waals surface area (Å²) in [5.74, 6) is 0.931. The molecule has 7 nitrogen and oxygen atoms in total. The fraction of sp³-hybridized carbons (Fsp3) is 0.304. The smallest absolute Gasteiger partial charge is 0.415 e. The fourth-order valence-corrected chi connectivity index (χ4v) is 3.45. The maximum atomic E-state index is 13.5. The zero-order valence-electron chi connectivity index (χ0n) is 17.7. The molecule has 1 aliphatic rings. The summed E-state index contributed by atoms with van der Waals surface area (Å²) in [6.45, 7) is 6.60. The lowest BCUT2D eigenvalue weighted by Crippen LogP contribution is -2.37. The molecule has 1 saturated heterocycles. The highest BCUT2D eigenvalue weighted by Gasteiger charge is 2.37. The van der Waals surface area contributed by atoms with Gasteiger partial charge in [-0.1, -0.05) is 26.0 Å². The van der Waals surface area contributed by atoms with Crippen molar-refractivity contribution < 1.29 is 13.9 Å². The fourth-order valence-electron chi connectivity index (χ4n) is 3.45. The molecule has 1 atom stereocenters. The predicted molar refractivity (Wildman–Crippen MR) is 116 cm³/mol. The van der Waals surface area contributed by atoms with E-state index in [0.717, 1.165) is 16.8 Å². The molecule has 0 radical (unpaired) electrons. The summed E-state index contributed by atoms with van der Waals surface area (Å²) in [6, 6.07) is 10.5. The second-order valence-corrected chi connectivity index (χ2v) is 7.85. The third kappa shape index (κ3) is 4.47. The Kier molecular flexibility index (Phi) is 5.79. The number of aryl methyl sites for hydroxylation is 1. The van der Waals surface area contributed by atoms with E-state index in [-0.39, 0.29) is 17.8 Å². The molecule has 1 fully saturated rings. The summed E-state index contributed by atoms with van der Waals surface area (Å²) in [7, 11) is 0. The normalized spacial score (nSPS) is 16.0. The van der Waals surface area contributed by atoms with Gasteiger partial charge >= 0.3 is 6.09 Å². The number of hydrogen-bond acceptors (Lipinski definition) is 6. The minimum absolute atomic E-state index is 0.0560. The van der Waals surface area contributed by atoms with Crippen molar-refractivity contribution in [1.29, 1.82) is 0 Å². The first kappa shape index (κ1) is 20.7. The third-order valence-corrected chi connectivity index (χ3v) is 5.31. The van der Waals surface area contributed by atoms with Crippen molar-refractivity contribution in [3.8, 4) is 11.1 Å². The summed E-state index contributed by atoms with van der Waals surface area (Å²) in [4.78, 5) is 26.9. The van der Waals surface area contributed by atoms with Crippen LogP contribution in [0.5, 0.6) is 0 Å². The summed E-state index contributed by atoms with van der Waals surface area (Å²) < 4.78 is 18.7. The van der Waals surface area contributed by atoms with Crippen molar-refractivity contribution in [3.05, 3.63) is 65.9 Å². The number of nitrogens with one attached hydrogen (secondary N) is 1. The number of benzene rings is 1. The molecular weight excluding hydrogens is 397 g/mol. The van der Waals surface area contributed by atoms with Gasteiger partial charge in [-0.25, -0.2) is 14.2 Å². The minimum Gasteiger partial charge on any atom is -0.447 e. The number of nitrogens with zero attached hydrogens (tertiary/aromatic N) is 4. The van der Waals surface area contributed by atoms with Gasteiger partial charge in [-0.3, -0.25) is 9.88 Å². The lowest BCUT2D eigenvalue weighted by Gasteiger charge is -2.23. The highest BCUT2D eigenvalue weighted by molar-refractivity contribution is 5.89. The van der Waals surface area contributed by atoms with E-state index in [1.807, 2.05) is 26.0 Å². The van der Waals surface area contributed by atoms with E-state index in [9.17, 15) is 9.18 Å². The highest BCUT2D eigenvalue weighted by Crippen LogP contribution is 2.26. The Balaban J connectivity index is 1.44. The van der Waals surface area contributed by atoms with Crippen molar-refractivity contribution in [2.75, 3.05) is 16.8 Å². The molecule has 0 saturated carbocycles. The Morgan fingerprint density at radius 1 is 1.19 bits per heavy atom. The molecule has 1 unspecified atom stereocenters. The summed E-state index contributed by atoms with van der Waals surface area (Å²) in [5.41, 5.74) is 3.23. The first-order chi connectivity index (χ1) is 14.9. The van der Waals surface area contributed by atoms with Crippen molar-refractivity contribution in [2.24, 2.45) is 5.92 Å². The molecule has 31 heavy (non-hydrogen) atoms. The van der Waals surface area contributed by atoms with Gasteiger partial charge in [0.1, 0.15) is 18.2 Å². The monoisotopic (exact) mass is 421 g/mol. The number of hydrogen-bond donors (Lipinski definition) is 1. The van der Waals surface area contributed by atoms with E-state index < -0.39 is 6.09 Å². The van der Waals surface area contributed by atoms with Crippen LogP contribution >= 0.6 is 0 Å². The molecule has 0 spiro atoms. The number of carbonyl (C=O) groups is 1. The van der Waals surface area contributed by atoms with Crippen LogP contribution in [0.3, 0.4) is 0 Å². The van der Waals surface area contributed by atoms with Gasteiger partial charge in [-0.2, -0.15) is 4.98 Å². The number of cyclic esters (lactones) is 1. The molecule has 3 aromatic rings. The van der Waals surface area contributed by atoms with Crippen LogP contribution in [0, 0.1) is 18.7 Å². The minimum atomic E-state index is -0.392. The SMILES string of the molecule is Cc1cc(-c2ccc(CNc3nccc(N4C(=O)OCC4C(C)C)n3)nc2)ccc1F. The number of halogens is 1. The van der Waals surface area contributed by atoms with Crippen molar-refractivity contribution >= 4 is 17.9 Å². The molecule has 1 amide bonds. The molecule has 3 heterocycles. The summed E-state index contributed by atoms with van der Waals surface area (Å²) in [6.07, 6.45) is 2.98. The van der Waals surface area contributed by atoms with E-state index in [2.05, 4.69) is 20.3 Å². The Morgan fingerprint density at radius 3 is 2.71 bits per heavy atom. The number of carbonyl (C=O) groups excluding carboxylic acids is 1. The van der Waals surface area contributed by atoms with E-state index in [4.69, 9.17) is 4.74 Å². The Labute approximate surface area is 180 Å². The van der Waals surface area contributed by atoms with Crippen molar-refractivity contribution in [1.82, 2.24) is 15.0 Å². The molecule has 1 aromatic carbocycles. The van der Waals surface area contributed by atoms with Gasteiger partial charge < -0.3 is 10.1 Å². The first-order valence-electron chi connectivity index (χ1n) is 10.2. The summed E-state index contributed by atoms with van der Waals surface area (Å²) >= 11 is 0. The molecule has 160 valence electrons. The summed E-state index contributed by atoms with van der Waals surface area (Å²) in [5, 5.41) is 3.15. The first-order valence-corrected chi connectivity index (χ1v) is 10.2. The lowest BCUT2D eigenvalue weighted by atomic mass is 10.0. The van der Waals surface area contributed by atoms with Crippen LogP contribution in [-0.2, 0) is 11.3 Å². The van der Waals surface area contributed by atoms with Gasteiger partial charge in [-0.05, 0) is 48.2 Å². The second-order valence-electron chi connectivity index (χ2n) is 7.85. The van der Waals surface area contributed by atoms with Crippen molar-refractivity contribution in [3.63, 3.8) is 0 Å². The number of rotatable bonds is 6. The Bertz CT molecular complexity index is 1090. The molecule has 2 aromatic heterocycles. The zero-order valence-corrected chi connectivity index (χ0v) is 17.7. The predicted octanol–water partition coefficient (Wildman–Crippen LogP) is 4.58. The third-order valence-electron chi connectivity index (χ3n) is 5.31. The van der Waals surface area contributed by atoms with Gasteiger partial charge in [0.05, 0.1) is 18.3 Å². The molecule has 0 bridgehead atoms. The van der Waals surface area contributed by atoms with Gasteiger partial charge in [0.25, 0.3) is 0 Å². The van der Waals surface area contributed by atoms with Gasteiger partial charge in [0.2, 0.25) is 5.95 Å². The number of ether oxygens (including phenoxy) is 1. The zero-order chi connectivity index (χ0) is 22.0. The lowest BCUT2D eigenvalue weighted by molar-refractivity contribution is 0.177. The maximum Gasteiger partial charge on any atom is 0.415 e. The van der Waals surface area contributed by atoms with Crippen LogP contribution in [0.25, 0.3) is 11.1 Å². The van der Waals surface area contributed by atoms with Gasteiger partial charge in [-0.15, -0.1) is 0 Å². The molecule has 1 N–H and O–H groups in total. The molecule has 1 aliphatic heterocycles. The second kappa shape index (κ2) is 8.67. The number of pyridine rings is 1. The highest BCUT2D eigenvalue weighted by atomic mass is 19.1. The Hall–Kier alpha value is -3.55. The molecule has 8 heteroatoms. The standard InChI is InChI=1S/C23H24FN5O2/c1-14(2)20-13-31-23(30)29(20)21-8-9-25-22(28-21)27-12-18-6-4-17(11-26-18)16-5-7-19(24)15(3)10-16/h4-11,14,20H,12-13H2,1-3H3,(H,25,27,28). The van der Waals surface area contributed by atoms with E-state index in [1.165, 1.54) is 6.07 Å².